The third-order valence-corrected chi connectivity index (χ3v) is 5.08. The Morgan fingerprint density at radius 3 is 2.86 bits per heavy atom. The van der Waals surface area contributed by atoms with Crippen LogP contribution in [0.25, 0.3) is 11.2 Å². The molecule has 0 radical (unpaired) electrons. The third-order valence-electron chi connectivity index (χ3n) is 5.08. The van der Waals surface area contributed by atoms with Gasteiger partial charge in [0, 0.05) is 18.7 Å². The SMILES string of the molecule is c1cnc2c(c1)nc(C1CCNCC1)n2CC1CCCNC1. The number of hydrogen-bond donors (Lipinski definition) is 2. The second-order valence-corrected chi connectivity index (χ2v) is 6.66. The van der Waals surface area contributed by atoms with Crippen LogP contribution in [0.2, 0.25) is 0 Å². The molecule has 0 aromatic carbocycles. The summed E-state index contributed by atoms with van der Waals surface area (Å²) in [5, 5.41) is 6.99. The first-order valence-corrected chi connectivity index (χ1v) is 8.64. The predicted molar refractivity (Wildman–Crippen MR) is 88.0 cm³/mol. The number of rotatable bonds is 3. The summed E-state index contributed by atoms with van der Waals surface area (Å²) in [6, 6.07) is 4.09. The van der Waals surface area contributed by atoms with Crippen LogP contribution >= 0.6 is 0 Å². The summed E-state index contributed by atoms with van der Waals surface area (Å²) in [6.07, 6.45) is 6.86. The molecule has 2 N–H and O–H groups in total. The zero-order valence-corrected chi connectivity index (χ0v) is 13.1. The summed E-state index contributed by atoms with van der Waals surface area (Å²) in [4.78, 5) is 9.58. The summed E-state index contributed by atoms with van der Waals surface area (Å²) >= 11 is 0. The van der Waals surface area contributed by atoms with E-state index in [1.165, 1.54) is 38.1 Å². The summed E-state index contributed by atoms with van der Waals surface area (Å²) in [7, 11) is 0. The van der Waals surface area contributed by atoms with Gasteiger partial charge in [0.15, 0.2) is 5.65 Å². The van der Waals surface area contributed by atoms with E-state index in [4.69, 9.17) is 4.98 Å². The van der Waals surface area contributed by atoms with E-state index in [9.17, 15) is 0 Å². The van der Waals surface area contributed by atoms with Gasteiger partial charge in [-0.05, 0) is 69.9 Å². The summed E-state index contributed by atoms with van der Waals surface area (Å²) in [5.74, 6) is 2.54. The van der Waals surface area contributed by atoms with Gasteiger partial charge in [-0.25, -0.2) is 9.97 Å². The quantitative estimate of drug-likeness (QED) is 0.909. The molecule has 1 unspecified atom stereocenters. The predicted octanol–water partition coefficient (Wildman–Crippen LogP) is 1.90. The molecule has 2 aromatic heterocycles. The van der Waals surface area contributed by atoms with Crippen LogP contribution in [0.5, 0.6) is 0 Å². The number of pyridine rings is 1. The van der Waals surface area contributed by atoms with Gasteiger partial charge in [0.25, 0.3) is 0 Å². The minimum Gasteiger partial charge on any atom is -0.317 e. The average Bonchev–Trinajstić information content (AvgIpc) is 2.95. The van der Waals surface area contributed by atoms with Crippen LogP contribution in [0, 0.1) is 5.92 Å². The average molecular weight is 299 g/mol. The fourth-order valence-electron chi connectivity index (χ4n) is 3.89. The van der Waals surface area contributed by atoms with Crippen molar-refractivity contribution in [1.29, 1.82) is 0 Å². The molecular weight excluding hydrogens is 274 g/mol. The Morgan fingerprint density at radius 1 is 1.14 bits per heavy atom. The maximum absolute atomic E-state index is 4.95. The van der Waals surface area contributed by atoms with Gasteiger partial charge in [-0.2, -0.15) is 0 Å². The highest BCUT2D eigenvalue weighted by Crippen LogP contribution is 2.28. The van der Waals surface area contributed by atoms with E-state index in [0.29, 0.717) is 11.8 Å². The van der Waals surface area contributed by atoms with E-state index >= 15 is 0 Å². The Bertz CT molecular complexity index is 623. The van der Waals surface area contributed by atoms with Crippen molar-refractivity contribution in [2.75, 3.05) is 26.2 Å². The minimum absolute atomic E-state index is 0.576. The molecule has 4 rings (SSSR count). The lowest BCUT2D eigenvalue weighted by Gasteiger charge is -2.27. The van der Waals surface area contributed by atoms with Gasteiger partial charge < -0.3 is 15.2 Å². The molecule has 2 aliphatic rings. The van der Waals surface area contributed by atoms with Crippen molar-refractivity contribution < 1.29 is 0 Å². The van der Waals surface area contributed by atoms with Gasteiger partial charge in [-0.15, -0.1) is 0 Å². The van der Waals surface area contributed by atoms with Crippen molar-refractivity contribution in [3.63, 3.8) is 0 Å². The second-order valence-electron chi connectivity index (χ2n) is 6.66. The summed E-state index contributed by atoms with van der Waals surface area (Å²) < 4.78 is 2.42. The zero-order valence-electron chi connectivity index (χ0n) is 13.1. The molecule has 0 spiro atoms. The number of hydrogen-bond acceptors (Lipinski definition) is 4. The van der Waals surface area contributed by atoms with Gasteiger partial charge in [0.1, 0.15) is 11.3 Å². The van der Waals surface area contributed by atoms with Crippen molar-refractivity contribution >= 4 is 11.2 Å². The molecular formula is C17H25N5. The van der Waals surface area contributed by atoms with Crippen LogP contribution in [-0.4, -0.2) is 40.7 Å². The Morgan fingerprint density at radius 2 is 2.05 bits per heavy atom. The molecule has 2 fully saturated rings. The third kappa shape index (κ3) is 2.75. The molecule has 22 heavy (non-hydrogen) atoms. The van der Waals surface area contributed by atoms with E-state index in [1.807, 2.05) is 12.3 Å². The molecule has 0 saturated carbocycles. The maximum atomic E-state index is 4.95. The zero-order chi connectivity index (χ0) is 14.8. The fraction of sp³-hybridized carbons (Fsp3) is 0.647. The Labute approximate surface area is 131 Å². The molecule has 5 nitrogen and oxygen atoms in total. The topological polar surface area (TPSA) is 54.8 Å². The van der Waals surface area contributed by atoms with Crippen molar-refractivity contribution in [2.45, 2.75) is 38.1 Å². The van der Waals surface area contributed by atoms with Crippen molar-refractivity contribution in [3.8, 4) is 0 Å². The van der Waals surface area contributed by atoms with Crippen LogP contribution in [0.15, 0.2) is 18.3 Å². The highest BCUT2D eigenvalue weighted by Gasteiger charge is 2.24. The van der Waals surface area contributed by atoms with Gasteiger partial charge in [-0.1, -0.05) is 0 Å². The van der Waals surface area contributed by atoms with E-state index < -0.39 is 0 Å². The Balaban J connectivity index is 1.69. The number of piperidine rings is 2. The first-order chi connectivity index (χ1) is 10.9. The van der Waals surface area contributed by atoms with Crippen molar-refractivity contribution in [3.05, 3.63) is 24.2 Å². The normalized spacial score (nSPS) is 23.9. The highest BCUT2D eigenvalue weighted by molar-refractivity contribution is 5.71. The van der Waals surface area contributed by atoms with E-state index in [2.05, 4.69) is 26.3 Å². The second kappa shape index (κ2) is 6.34. The monoisotopic (exact) mass is 299 g/mol. The number of nitrogens with zero attached hydrogens (tertiary/aromatic N) is 3. The molecule has 0 bridgehead atoms. The minimum atomic E-state index is 0.576. The molecule has 1 atom stereocenters. The van der Waals surface area contributed by atoms with E-state index in [1.54, 1.807) is 0 Å². The molecule has 2 aliphatic heterocycles. The molecule has 4 heterocycles. The van der Waals surface area contributed by atoms with E-state index in [-0.39, 0.29) is 0 Å². The molecule has 2 aromatic rings. The molecule has 5 heteroatoms. The van der Waals surface area contributed by atoms with Gasteiger partial charge in [-0.3, -0.25) is 0 Å². The number of fused-ring (bicyclic) bond motifs is 1. The molecule has 2 saturated heterocycles. The first kappa shape index (κ1) is 14.2. The lowest BCUT2D eigenvalue weighted by atomic mass is 9.96. The lowest BCUT2D eigenvalue weighted by Crippen LogP contribution is -2.33. The van der Waals surface area contributed by atoms with Gasteiger partial charge in [0.05, 0.1) is 0 Å². The van der Waals surface area contributed by atoms with Gasteiger partial charge in [0.2, 0.25) is 0 Å². The van der Waals surface area contributed by atoms with Gasteiger partial charge >= 0.3 is 0 Å². The Kier molecular flexibility index (Phi) is 4.08. The molecule has 0 aliphatic carbocycles. The van der Waals surface area contributed by atoms with Crippen LogP contribution in [0.4, 0.5) is 0 Å². The van der Waals surface area contributed by atoms with E-state index in [0.717, 1.165) is 37.3 Å². The Hall–Kier alpha value is -1.46. The lowest BCUT2D eigenvalue weighted by molar-refractivity contribution is 0.329. The smallest absolute Gasteiger partial charge is 0.160 e. The summed E-state index contributed by atoms with van der Waals surface area (Å²) in [6.45, 7) is 5.55. The number of imidazole rings is 1. The molecule has 0 amide bonds. The summed E-state index contributed by atoms with van der Waals surface area (Å²) in [5.41, 5.74) is 2.13. The van der Waals surface area contributed by atoms with Crippen LogP contribution in [0.3, 0.4) is 0 Å². The first-order valence-electron chi connectivity index (χ1n) is 8.64. The fourth-order valence-corrected chi connectivity index (χ4v) is 3.89. The highest BCUT2D eigenvalue weighted by atomic mass is 15.1. The number of nitrogens with one attached hydrogen (secondary N) is 2. The van der Waals surface area contributed by atoms with Crippen molar-refractivity contribution in [2.24, 2.45) is 5.92 Å². The number of aromatic nitrogens is 3. The molecule has 118 valence electrons. The van der Waals surface area contributed by atoms with Crippen LogP contribution < -0.4 is 10.6 Å². The van der Waals surface area contributed by atoms with Crippen molar-refractivity contribution in [1.82, 2.24) is 25.2 Å². The van der Waals surface area contributed by atoms with Crippen LogP contribution in [-0.2, 0) is 6.54 Å². The largest absolute Gasteiger partial charge is 0.317 e. The maximum Gasteiger partial charge on any atom is 0.160 e. The van der Waals surface area contributed by atoms with Crippen LogP contribution in [0.1, 0.15) is 37.4 Å². The standard InChI is InChI=1S/C17H25N5/c1-3-13(11-19-7-1)12-22-16(14-5-9-18-10-6-14)21-15-4-2-8-20-17(15)22/h2,4,8,13-14,18-19H,1,3,5-7,9-12H2.